The number of aryl methyl sites for hydroxylation is 1. The molecule has 1 aliphatic rings. The third kappa shape index (κ3) is 3.80. The van der Waals surface area contributed by atoms with Gasteiger partial charge in [-0.3, -0.25) is 9.30 Å². The Hall–Kier alpha value is -3.45. The number of carbonyl (C=O) groups is 1. The number of piperazine rings is 1. The highest BCUT2D eigenvalue weighted by atomic mass is 16.5. The first-order chi connectivity index (χ1) is 15.6. The molecule has 4 aromatic rings. The van der Waals surface area contributed by atoms with Gasteiger partial charge in [0.15, 0.2) is 11.5 Å². The lowest BCUT2D eigenvalue weighted by Gasteiger charge is -2.35. The molecule has 2 aromatic carbocycles. The van der Waals surface area contributed by atoms with E-state index in [1.54, 1.807) is 13.3 Å². The van der Waals surface area contributed by atoms with Crippen LogP contribution in [-0.2, 0) is 11.3 Å². The summed E-state index contributed by atoms with van der Waals surface area (Å²) in [5.74, 6) is 0.383. The van der Waals surface area contributed by atoms with Crippen LogP contribution in [0, 0.1) is 6.92 Å². The molecule has 7 heteroatoms. The van der Waals surface area contributed by atoms with Gasteiger partial charge in [0.25, 0.3) is 0 Å². The molecule has 7 nitrogen and oxygen atoms in total. The third-order valence-corrected chi connectivity index (χ3v) is 5.99. The maximum atomic E-state index is 12.7. The van der Waals surface area contributed by atoms with Crippen molar-refractivity contribution in [3.8, 4) is 0 Å². The number of imidazole rings is 1. The normalized spacial score (nSPS) is 14.9. The van der Waals surface area contributed by atoms with Gasteiger partial charge in [0.05, 0.1) is 17.6 Å². The van der Waals surface area contributed by atoms with Crippen LogP contribution < -0.4 is 4.90 Å². The molecule has 0 amide bonds. The van der Waals surface area contributed by atoms with E-state index in [9.17, 15) is 4.79 Å². The monoisotopic (exact) mass is 429 g/mol. The number of fused-ring (bicyclic) bond motifs is 3. The lowest BCUT2D eigenvalue weighted by molar-refractivity contribution is 0.0522. The molecule has 32 heavy (non-hydrogen) atoms. The topological polar surface area (TPSA) is 63.0 Å². The van der Waals surface area contributed by atoms with Crippen molar-refractivity contribution in [1.29, 1.82) is 0 Å². The molecule has 5 rings (SSSR count). The number of hydrogen-bond acceptors (Lipinski definition) is 6. The summed E-state index contributed by atoms with van der Waals surface area (Å²) < 4.78 is 7.27. The number of carbonyl (C=O) groups excluding carboxylic acids is 1. The zero-order valence-corrected chi connectivity index (χ0v) is 18.5. The molecule has 164 valence electrons. The number of ether oxygens (including phenoxy) is 1. The zero-order valence-electron chi connectivity index (χ0n) is 18.5. The van der Waals surface area contributed by atoms with Crippen LogP contribution in [0.4, 0.5) is 5.82 Å². The zero-order chi connectivity index (χ0) is 22.1. The second-order valence-electron chi connectivity index (χ2n) is 8.21. The minimum atomic E-state index is -0.409. The summed E-state index contributed by atoms with van der Waals surface area (Å²) in [5.41, 5.74) is 5.33. The summed E-state index contributed by atoms with van der Waals surface area (Å²) >= 11 is 0. The Morgan fingerprint density at radius 3 is 2.59 bits per heavy atom. The van der Waals surface area contributed by atoms with Gasteiger partial charge in [0.2, 0.25) is 0 Å². The van der Waals surface area contributed by atoms with Crippen LogP contribution in [0.25, 0.3) is 16.6 Å². The van der Waals surface area contributed by atoms with E-state index in [2.05, 4.69) is 51.2 Å². The average Bonchev–Trinajstić information content (AvgIpc) is 3.26. The number of aromatic nitrogens is 3. The van der Waals surface area contributed by atoms with Crippen molar-refractivity contribution in [3.05, 3.63) is 71.7 Å². The van der Waals surface area contributed by atoms with Crippen LogP contribution >= 0.6 is 0 Å². The van der Waals surface area contributed by atoms with E-state index in [0.717, 1.165) is 60.7 Å². The molecule has 2 aromatic heterocycles. The van der Waals surface area contributed by atoms with Gasteiger partial charge in [0, 0.05) is 32.7 Å². The molecule has 0 aliphatic carbocycles. The highest BCUT2D eigenvalue weighted by Crippen LogP contribution is 2.29. The smallest absolute Gasteiger partial charge is 0.359 e. The van der Waals surface area contributed by atoms with Crippen LogP contribution in [-0.4, -0.2) is 58.0 Å². The Morgan fingerprint density at radius 1 is 1.06 bits per heavy atom. The molecular formula is C25H27N5O2. The predicted octanol–water partition coefficient (Wildman–Crippen LogP) is 3.69. The number of nitrogens with zero attached hydrogens (tertiary/aromatic N) is 5. The van der Waals surface area contributed by atoms with E-state index >= 15 is 0 Å². The van der Waals surface area contributed by atoms with Gasteiger partial charge in [0.1, 0.15) is 11.8 Å². The quantitative estimate of drug-likeness (QED) is 0.451. The maximum absolute atomic E-state index is 12.7. The lowest BCUT2D eigenvalue weighted by Crippen LogP contribution is -2.46. The van der Waals surface area contributed by atoms with Crippen LogP contribution in [0.1, 0.15) is 28.5 Å². The molecule has 1 saturated heterocycles. The van der Waals surface area contributed by atoms with Crippen molar-refractivity contribution >= 4 is 28.3 Å². The van der Waals surface area contributed by atoms with Crippen LogP contribution in [0.15, 0.2) is 54.9 Å². The molecule has 0 spiro atoms. The van der Waals surface area contributed by atoms with Gasteiger partial charge in [-0.25, -0.2) is 14.8 Å². The number of benzene rings is 2. The van der Waals surface area contributed by atoms with Gasteiger partial charge in [-0.2, -0.15) is 0 Å². The fourth-order valence-electron chi connectivity index (χ4n) is 4.36. The summed E-state index contributed by atoms with van der Waals surface area (Å²) in [6.07, 6.45) is 1.71. The Balaban J connectivity index is 1.50. The van der Waals surface area contributed by atoms with E-state index < -0.39 is 5.97 Å². The second-order valence-corrected chi connectivity index (χ2v) is 8.21. The summed E-state index contributed by atoms with van der Waals surface area (Å²) in [5, 5.41) is 0. The van der Waals surface area contributed by atoms with Crippen LogP contribution in [0.5, 0.6) is 0 Å². The maximum Gasteiger partial charge on any atom is 0.359 e. The van der Waals surface area contributed by atoms with Crippen molar-refractivity contribution in [1.82, 2.24) is 19.3 Å². The first-order valence-electron chi connectivity index (χ1n) is 11.1. The fourth-order valence-corrected chi connectivity index (χ4v) is 4.36. The molecule has 0 atom stereocenters. The number of esters is 1. The predicted molar refractivity (Wildman–Crippen MR) is 125 cm³/mol. The van der Waals surface area contributed by atoms with Gasteiger partial charge in [-0.15, -0.1) is 0 Å². The molecule has 0 saturated carbocycles. The summed E-state index contributed by atoms with van der Waals surface area (Å²) in [6.45, 7) is 8.63. The van der Waals surface area contributed by atoms with Gasteiger partial charge >= 0.3 is 5.97 Å². The standard InChI is InChI=1S/C25H27N5O2/c1-3-32-25(31)22-23-24(27-20-10-9-18(2)15-21(20)30(23)17-26-22)29-13-11-28(12-14-29)16-19-7-5-4-6-8-19/h4-10,15,17H,3,11-14,16H2,1-2H3. The molecule has 0 radical (unpaired) electrons. The van der Waals surface area contributed by atoms with Crippen molar-refractivity contribution < 1.29 is 9.53 Å². The number of anilines is 1. The SMILES string of the molecule is CCOC(=O)c1ncn2c1c(N1CCN(Cc3ccccc3)CC1)nc1ccc(C)cc12. The van der Waals surface area contributed by atoms with Gasteiger partial charge in [-0.05, 0) is 37.1 Å². The molecule has 1 fully saturated rings. The summed E-state index contributed by atoms with van der Waals surface area (Å²) in [4.78, 5) is 26.8. The first kappa shape index (κ1) is 20.5. The molecular weight excluding hydrogens is 402 g/mol. The molecule has 1 aliphatic heterocycles. The van der Waals surface area contributed by atoms with Gasteiger partial charge in [-0.1, -0.05) is 36.4 Å². The highest BCUT2D eigenvalue weighted by molar-refractivity contribution is 6.00. The fraction of sp³-hybridized carbons (Fsp3) is 0.320. The van der Waals surface area contributed by atoms with E-state index in [4.69, 9.17) is 9.72 Å². The van der Waals surface area contributed by atoms with Crippen LogP contribution in [0.3, 0.4) is 0 Å². The Morgan fingerprint density at radius 2 is 1.84 bits per heavy atom. The summed E-state index contributed by atoms with van der Waals surface area (Å²) in [6, 6.07) is 16.7. The number of hydrogen-bond donors (Lipinski definition) is 0. The Labute approximate surface area is 187 Å². The minimum Gasteiger partial charge on any atom is -0.461 e. The van der Waals surface area contributed by atoms with Crippen molar-refractivity contribution in [2.24, 2.45) is 0 Å². The Kier molecular flexibility index (Phi) is 5.49. The third-order valence-electron chi connectivity index (χ3n) is 5.99. The van der Waals surface area contributed by atoms with Crippen molar-refractivity contribution in [2.75, 3.05) is 37.7 Å². The lowest BCUT2D eigenvalue weighted by atomic mass is 10.2. The second kappa shape index (κ2) is 8.59. The molecule has 0 unspecified atom stereocenters. The summed E-state index contributed by atoms with van der Waals surface area (Å²) in [7, 11) is 0. The van der Waals surface area contributed by atoms with E-state index in [-0.39, 0.29) is 0 Å². The average molecular weight is 430 g/mol. The van der Waals surface area contributed by atoms with Crippen molar-refractivity contribution in [3.63, 3.8) is 0 Å². The van der Waals surface area contributed by atoms with E-state index in [1.807, 2.05) is 23.5 Å². The molecule has 3 heterocycles. The minimum absolute atomic E-state index is 0.311. The largest absolute Gasteiger partial charge is 0.461 e. The Bertz CT molecular complexity index is 1260. The van der Waals surface area contributed by atoms with Crippen LogP contribution in [0.2, 0.25) is 0 Å². The van der Waals surface area contributed by atoms with Gasteiger partial charge < -0.3 is 9.64 Å². The molecule has 0 N–H and O–H groups in total. The molecule has 0 bridgehead atoms. The highest BCUT2D eigenvalue weighted by Gasteiger charge is 2.26. The first-order valence-corrected chi connectivity index (χ1v) is 11.1. The van der Waals surface area contributed by atoms with E-state index in [1.165, 1.54) is 5.56 Å². The van der Waals surface area contributed by atoms with Crippen molar-refractivity contribution in [2.45, 2.75) is 20.4 Å². The number of rotatable bonds is 5. The van der Waals surface area contributed by atoms with E-state index in [0.29, 0.717) is 12.3 Å².